The molecule has 1 N–H and O–H groups in total. The van der Waals surface area contributed by atoms with Crippen LogP contribution in [0.15, 0.2) is 11.3 Å². The highest BCUT2D eigenvalue weighted by Crippen LogP contribution is 2.26. The molecule has 1 aliphatic heterocycles. The van der Waals surface area contributed by atoms with Crippen LogP contribution in [0.4, 0.5) is 0 Å². The molecule has 0 aliphatic carbocycles. The molecule has 0 aromatic heterocycles. The van der Waals surface area contributed by atoms with Gasteiger partial charge in [0, 0.05) is 16.6 Å². The van der Waals surface area contributed by atoms with Crippen LogP contribution in [0.5, 0.6) is 0 Å². The highest BCUT2D eigenvalue weighted by atomic mass is 32.2. The van der Waals surface area contributed by atoms with Crippen LogP contribution in [-0.2, 0) is 0 Å². The van der Waals surface area contributed by atoms with E-state index in [1.807, 2.05) is 23.5 Å². The second kappa shape index (κ2) is 3.42. The number of aliphatic hydroxyl groups is 1. The van der Waals surface area contributed by atoms with Crippen molar-refractivity contribution in [3.63, 3.8) is 0 Å². The minimum Gasteiger partial charge on any atom is -0.513 e. The largest absolute Gasteiger partial charge is 0.513 e. The molecule has 0 aromatic rings. The fraction of sp³-hybridized carbons (Fsp3) is 0.667. The summed E-state index contributed by atoms with van der Waals surface area (Å²) in [4.78, 5) is 0. The maximum atomic E-state index is 9.03. The number of rotatable bonds is 0. The van der Waals surface area contributed by atoms with Crippen LogP contribution in [0.1, 0.15) is 6.92 Å². The normalized spacial score (nSPS) is 19.9. The van der Waals surface area contributed by atoms with Gasteiger partial charge in [-0.25, -0.2) is 0 Å². The van der Waals surface area contributed by atoms with Crippen LogP contribution in [0.2, 0.25) is 0 Å². The van der Waals surface area contributed by atoms with Gasteiger partial charge in [-0.2, -0.15) is 0 Å². The highest BCUT2D eigenvalue weighted by Gasteiger charge is 2.07. The van der Waals surface area contributed by atoms with E-state index >= 15 is 0 Å². The van der Waals surface area contributed by atoms with Crippen LogP contribution < -0.4 is 0 Å². The molecule has 0 unspecified atom stereocenters. The van der Waals surface area contributed by atoms with Gasteiger partial charge in [0.1, 0.15) is 0 Å². The van der Waals surface area contributed by atoms with Gasteiger partial charge in [0.25, 0.3) is 0 Å². The summed E-state index contributed by atoms with van der Waals surface area (Å²) in [6.07, 6.45) is 0. The lowest BCUT2D eigenvalue weighted by atomic mass is 10.3. The van der Waals surface area contributed by atoms with E-state index in [2.05, 4.69) is 0 Å². The van der Waals surface area contributed by atoms with E-state index in [-0.39, 0.29) is 0 Å². The SMILES string of the molecule is CC(O)=C1CSCSC1. The fourth-order valence-electron chi connectivity index (χ4n) is 0.639. The van der Waals surface area contributed by atoms with Gasteiger partial charge in [-0.3, -0.25) is 0 Å². The van der Waals surface area contributed by atoms with Gasteiger partial charge in [-0.05, 0) is 12.5 Å². The molecule has 1 rings (SSSR count). The third kappa shape index (κ3) is 2.14. The lowest BCUT2D eigenvalue weighted by Crippen LogP contribution is -2.01. The van der Waals surface area contributed by atoms with Crippen molar-refractivity contribution < 1.29 is 5.11 Å². The molecule has 0 radical (unpaired) electrons. The maximum Gasteiger partial charge on any atom is 0.0900 e. The molecule has 0 spiro atoms. The molecule has 3 heteroatoms. The molecule has 0 amide bonds. The Hall–Kier alpha value is 0.240. The molecule has 0 atom stereocenters. The zero-order valence-electron chi connectivity index (χ0n) is 5.39. The van der Waals surface area contributed by atoms with Crippen LogP contribution in [0.3, 0.4) is 0 Å². The molecule has 0 aromatic carbocycles. The molecule has 0 bridgehead atoms. The van der Waals surface area contributed by atoms with E-state index in [0.717, 1.165) is 11.5 Å². The summed E-state index contributed by atoms with van der Waals surface area (Å²) in [7, 11) is 0. The molecule has 0 saturated carbocycles. The monoisotopic (exact) mass is 162 g/mol. The zero-order chi connectivity index (χ0) is 6.69. The minimum absolute atomic E-state index is 0.523. The average Bonchev–Trinajstić information content (AvgIpc) is 1.90. The Morgan fingerprint density at radius 1 is 1.44 bits per heavy atom. The molecular weight excluding hydrogens is 152 g/mol. The van der Waals surface area contributed by atoms with E-state index in [4.69, 9.17) is 5.11 Å². The standard InChI is InChI=1S/C6H10OS2/c1-5(7)6-2-8-4-9-3-6/h7H,2-4H2,1H3. The van der Waals surface area contributed by atoms with Crippen LogP contribution >= 0.6 is 23.5 Å². The van der Waals surface area contributed by atoms with Crippen molar-refractivity contribution in [2.24, 2.45) is 0 Å². The van der Waals surface area contributed by atoms with Crippen molar-refractivity contribution in [3.05, 3.63) is 11.3 Å². The maximum absolute atomic E-state index is 9.03. The topological polar surface area (TPSA) is 20.2 Å². The molecule has 1 saturated heterocycles. The number of hydrogen-bond acceptors (Lipinski definition) is 3. The van der Waals surface area contributed by atoms with Gasteiger partial charge in [-0.15, -0.1) is 23.5 Å². The van der Waals surface area contributed by atoms with Crippen LogP contribution in [0.25, 0.3) is 0 Å². The van der Waals surface area contributed by atoms with Gasteiger partial charge in [-0.1, -0.05) is 0 Å². The van der Waals surface area contributed by atoms with Gasteiger partial charge in [0.15, 0.2) is 0 Å². The summed E-state index contributed by atoms with van der Waals surface area (Å²) in [5, 5.41) is 10.2. The van der Waals surface area contributed by atoms with E-state index in [1.165, 1.54) is 10.7 Å². The van der Waals surface area contributed by atoms with Crippen molar-refractivity contribution in [2.75, 3.05) is 16.6 Å². The van der Waals surface area contributed by atoms with E-state index in [1.54, 1.807) is 6.92 Å². The van der Waals surface area contributed by atoms with Gasteiger partial charge in [0.2, 0.25) is 0 Å². The van der Waals surface area contributed by atoms with E-state index < -0.39 is 0 Å². The second-order valence-electron chi connectivity index (χ2n) is 2.00. The van der Waals surface area contributed by atoms with E-state index in [0.29, 0.717) is 5.76 Å². The highest BCUT2D eigenvalue weighted by molar-refractivity contribution is 8.16. The number of allylic oxidation sites excluding steroid dienone is 1. The summed E-state index contributed by atoms with van der Waals surface area (Å²) in [6.45, 7) is 1.77. The molecule has 1 heterocycles. The Morgan fingerprint density at radius 2 is 2.00 bits per heavy atom. The number of hydrogen-bond donors (Lipinski definition) is 1. The van der Waals surface area contributed by atoms with Crippen molar-refractivity contribution in [1.29, 1.82) is 0 Å². The first-order valence-electron chi connectivity index (χ1n) is 2.84. The summed E-state index contributed by atoms with van der Waals surface area (Å²) in [5.41, 5.74) is 1.20. The first-order valence-corrected chi connectivity index (χ1v) is 5.14. The predicted octanol–water partition coefficient (Wildman–Crippen LogP) is 2.26. The number of aliphatic hydroxyl groups excluding tert-OH is 1. The lowest BCUT2D eigenvalue weighted by molar-refractivity contribution is 0.408. The first kappa shape index (κ1) is 7.35. The molecule has 1 aliphatic rings. The average molecular weight is 162 g/mol. The Morgan fingerprint density at radius 3 is 2.33 bits per heavy atom. The van der Waals surface area contributed by atoms with Crippen molar-refractivity contribution in [2.45, 2.75) is 6.92 Å². The predicted molar refractivity (Wildman–Crippen MR) is 45.1 cm³/mol. The van der Waals surface area contributed by atoms with Gasteiger partial charge < -0.3 is 5.11 Å². The zero-order valence-corrected chi connectivity index (χ0v) is 7.02. The Labute approximate surface area is 63.9 Å². The smallest absolute Gasteiger partial charge is 0.0900 e. The van der Waals surface area contributed by atoms with Crippen molar-refractivity contribution in [1.82, 2.24) is 0 Å². The van der Waals surface area contributed by atoms with Crippen molar-refractivity contribution in [3.8, 4) is 0 Å². The summed E-state index contributed by atoms with van der Waals surface area (Å²) < 4.78 is 0. The first-order chi connectivity index (χ1) is 4.30. The molecule has 1 fully saturated rings. The number of thioether (sulfide) groups is 2. The van der Waals surface area contributed by atoms with E-state index in [9.17, 15) is 0 Å². The summed E-state index contributed by atoms with van der Waals surface area (Å²) in [5.74, 6) is 2.57. The Balaban J connectivity index is 2.49. The summed E-state index contributed by atoms with van der Waals surface area (Å²) >= 11 is 3.75. The van der Waals surface area contributed by atoms with Crippen LogP contribution in [0, 0.1) is 0 Å². The quantitative estimate of drug-likeness (QED) is 0.552. The minimum atomic E-state index is 0.523. The third-order valence-corrected chi connectivity index (χ3v) is 3.67. The molecule has 1 nitrogen and oxygen atoms in total. The summed E-state index contributed by atoms with van der Waals surface area (Å²) in [6, 6.07) is 0. The van der Waals surface area contributed by atoms with Gasteiger partial charge >= 0.3 is 0 Å². The second-order valence-corrected chi connectivity index (χ2v) is 4.34. The third-order valence-electron chi connectivity index (χ3n) is 1.23. The van der Waals surface area contributed by atoms with Crippen molar-refractivity contribution >= 4 is 23.5 Å². The van der Waals surface area contributed by atoms with Crippen LogP contribution in [-0.4, -0.2) is 21.7 Å². The molecule has 9 heavy (non-hydrogen) atoms. The van der Waals surface area contributed by atoms with Gasteiger partial charge in [0.05, 0.1) is 5.76 Å². The molecular formula is C6H10OS2. The Kier molecular flexibility index (Phi) is 2.79. The Bertz CT molecular complexity index is 119. The lowest BCUT2D eigenvalue weighted by Gasteiger charge is -2.12. The fourth-order valence-corrected chi connectivity index (χ4v) is 3.02. The molecule has 52 valence electrons.